The number of aliphatic carboxylic acids is 1. The van der Waals surface area contributed by atoms with Gasteiger partial charge in [-0.05, 0) is 23.6 Å². The SMILES string of the molecule is CCc1ccc(-c2cnc(C(=O)NCC(=O)O)c(O)c2)cc1. The van der Waals surface area contributed by atoms with E-state index in [2.05, 4.69) is 17.2 Å². The molecule has 0 aliphatic heterocycles. The first kappa shape index (κ1) is 15.5. The zero-order chi connectivity index (χ0) is 16.1. The third-order valence-corrected chi connectivity index (χ3v) is 3.18. The van der Waals surface area contributed by atoms with Crippen LogP contribution in [0, 0.1) is 0 Å². The highest BCUT2D eigenvalue weighted by atomic mass is 16.4. The number of aryl methyl sites for hydroxylation is 1. The van der Waals surface area contributed by atoms with Crippen molar-refractivity contribution in [1.82, 2.24) is 10.3 Å². The van der Waals surface area contributed by atoms with E-state index < -0.39 is 18.4 Å². The fraction of sp³-hybridized carbons (Fsp3) is 0.188. The maximum absolute atomic E-state index is 11.7. The molecule has 6 nitrogen and oxygen atoms in total. The first-order valence-corrected chi connectivity index (χ1v) is 6.79. The predicted molar refractivity (Wildman–Crippen MR) is 80.7 cm³/mol. The van der Waals surface area contributed by atoms with Gasteiger partial charge in [0.25, 0.3) is 5.91 Å². The van der Waals surface area contributed by atoms with Crippen molar-refractivity contribution in [3.63, 3.8) is 0 Å². The zero-order valence-corrected chi connectivity index (χ0v) is 12.0. The molecular formula is C16H16N2O4. The third kappa shape index (κ3) is 3.60. The minimum atomic E-state index is -1.17. The van der Waals surface area contributed by atoms with Gasteiger partial charge in [-0.25, -0.2) is 4.98 Å². The van der Waals surface area contributed by atoms with Crippen LogP contribution in [0.3, 0.4) is 0 Å². The van der Waals surface area contributed by atoms with Gasteiger partial charge in [0.2, 0.25) is 0 Å². The average Bonchev–Trinajstić information content (AvgIpc) is 2.52. The van der Waals surface area contributed by atoms with Crippen molar-refractivity contribution in [2.75, 3.05) is 6.54 Å². The van der Waals surface area contributed by atoms with Crippen molar-refractivity contribution in [1.29, 1.82) is 0 Å². The van der Waals surface area contributed by atoms with Crippen molar-refractivity contribution >= 4 is 11.9 Å². The molecule has 0 atom stereocenters. The summed E-state index contributed by atoms with van der Waals surface area (Å²) in [6.45, 7) is 1.53. The Hall–Kier alpha value is -2.89. The van der Waals surface area contributed by atoms with Crippen molar-refractivity contribution < 1.29 is 19.8 Å². The number of nitrogens with zero attached hydrogens (tertiary/aromatic N) is 1. The number of carbonyl (C=O) groups is 2. The standard InChI is InChI=1S/C16H16N2O4/c1-2-10-3-5-11(6-4-10)12-7-13(19)15(17-8-12)16(22)18-9-14(20)21/h3-8,19H,2,9H2,1H3,(H,18,22)(H,20,21). The molecule has 0 unspecified atom stereocenters. The molecule has 0 saturated heterocycles. The lowest BCUT2D eigenvalue weighted by atomic mass is 10.0. The minimum absolute atomic E-state index is 0.199. The number of rotatable bonds is 5. The Morgan fingerprint density at radius 3 is 2.41 bits per heavy atom. The molecule has 22 heavy (non-hydrogen) atoms. The molecular weight excluding hydrogens is 284 g/mol. The lowest BCUT2D eigenvalue weighted by Gasteiger charge is -2.07. The summed E-state index contributed by atoms with van der Waals surface area (Å²) < 4.78 is 0. The van der Waals surface area contributed by atoms with Crippen molar-refractivity contribution in [3.05, 3.63) is 47.8 Å². The van der Waals surface area contributed by atoms with Crippen LogP contribution in [0.25, 0.3) is 11.1 Å². The van der Waals surface area contributed by atoms with Crippen LogP contribution in [0.15, 0.2) is 36.5 Å². The number of amides is 1. The molecule has 0 aliphatic carbocycles. The van der Waals surface area contributed by atoms with Crippen LogP contribution in [0.1, 0.15) is 23.0 Å². The van der Waals surface area contributed by atoms with Crippen LogP contribution in [-0.4, -0.2) is 33.6 Å². The molecule has 2 rings (SSSR count). The van der Waals surface area contributed by atoms with Gasteiger partial charge in [0.05, 0.1) is 0 Å². The number of hydrogen-bond acceptors (Lipinski definition) is 4. The van der Waals surface area contributed by atoms with E-state index in [0.717, 1.165) is 12.0 Å². The summed E-state index contributed by atoms with van der Waals surface area (Å²) in [4.78, 5) is 26.0. The Balaban J connectivity index is 2.21. The molecule has 114 valence electrons. The predicted octanol–water partition coefficient (Wildman–Crippen LogP) is 1.83. The number of aromatic hydroxyl groups is 1. The molecule has 1 aromatic heterocycles. The summed E-state index contributed by atoms with van der Waals surface area (Å²) >= 11 is 0. The van der Waals surface area contributed by atoms with Crippen LogP contribution in [0.2, 0.25) is 0 Å². The summed E-state index contributed by atoms with van der Waals surface area (Å²) in [5, 5.41) is 20.6. The smallest absolute Gasteiger partial charge is 0.322 e. The lowest BCUT2D eigenvalue weighted by Crippen LogP contribution is -2.29. The molecule has 2 aromatic rings. The van der Waals surface area contributed by atoms with Gasteiger partial charge < -0.3 is 15.5 Å². The van der Waals surface area contributed by atoms with E-state index >= 15 is 0 Å². The van der Waals surface area contributed by atoms with E-state index in [-0.39, 0.29) is 11.4 Å². The van der Waals surface area contributed by atoms with E-state index in [1.54, 1.807) is 0 Å². The molecule has 0 fully saturated rings. The number of carboxylic acid groups (broad SMARTS) is 1. The van der Waals surface area contributed by atoms with Crippen molar-refractivity contribution in [2.24, 2.45) is 0 Å². The number of pyridine rings is 1. The maximum atomic E-state index is 11.7. The highest BCUT2D eigenvalue weighted by Gasteiger charge is 2.14. The molecule has 1 heterocycles. The number of nitrogens with one attached hydrogen (secondary N) is 1. The summed E-state index contributed by atoms with van der Waals surface area (Å²) in [6, 6.07) is 9.24. The van der Waals surface area contributed by atoms with Crippen LogP contribution in [0.4, 0.5) is 0 Å². The number of hydrogen-bond donors (Lipinski definition) is 3. The largest absolute Gasteiger partial charge is 0.505 e. The number of carbonyl (C=O) groups excluding carboxylic acids is 1. The Morgan fingerprint density at radius 1 is 1.18 bits per heavy atom. The normalized spacial score (nSPS) is 10.2. The molecule has 0 bridgehead atoms. The molecule has 6 heteroatoms. The van der Waals surface area contributed by atoms with Gasteiger partial charge in [0.15, 0.2) is 5.69 Å². The van der Waals surface area contributed by atoms with Gasteiger partial charge >= 0.3 is 5.97 Å². The maximum Gasteiger partial charge on any atom is 0.322 e. The van der Waals surface area contributed by atoms with Gasteiger partial charge in [0.1, 0.15) is 12.3 Å². The summed E-state index contributed by atoms with van der Waals surface area (Å²) in [5.74, 6) is -2.19. The fourth-order valence-corrected chi connectivity index (χ4v) is 1.96. The van der Waals surface area contributed by atoms with E-state index in [9.17, 15) is 14.7 Å². The van der Waals surface area contributed by atoms with E-state index in [1.807, 2.05) is 24.3 Å². The molecule has 1 aromatic carbocycles. The highest BCUT2D eigenvalue weighted by Crippen LogP contribution is 2.25. The first-order chi connectivity index (χ1) is 10.5. The zero-order valence-electron chi connectivity index (χ0n) is 12.0. The Kier molecular flexibility index (Phi) is 4.73. The monoisotopic (exact) mass is 300 g/mol. The average molecular weight is 300 g/mol. The first-order valence-electron chi connectivity index (χ1n) is 6.79. The third-order valence-electron chi connectivity index (χ3n) is 3.18. The summed E-state index contributed by atoms with van der Waals surface area (Å²) in [6.07, 6.45) is 2.41. The van der Waals surface area contributed by atoms with Gasteiger partial charge in [-0.1, -0.05) is 31.2 Å². The fourth-order valence-electron chi connectivity index (χ4n) is 1.96. The quantitative estimate of drug-likeness (QED) is 0.782. The lowest BCUT2D eigenvalue weighted by molar-refractivity contribution is -0.135. The second-order valence-corrected chi connectivity index (χ2v) is 4.72. The topological polar surface area (TPSA) is 99.5 Å². The van der Waals surface area contributed by atoms with Gasteiger partial charge in [-0.3, -0.25) is 9.59 Å². The van der Waals surface area contributed by atoms with Crippen molar-refractivity contribution in [3.8, 4) is 16.9 Å². The molecule has 1 amide bonds. The molecule has 3 N–H and O–H groups in total. The number of aromatic nitrogens is 1. The van der Waals surface area contributed by atoms with E-state index in [4.69, 9.17) is 5.11 Å². The van der Waals surface area contributed by atoms with Crippen LogP contribution < -0.4 is 5.32 Å². The number of benzene rings is 1. The van der Waals surface area contributed by atoms with Crippen LogP contribution >= 0.6 is 0 Å². The highest BCUT2D eigenvalue weighted by molar-refractivity contribution is 5.96. The Bertz CT molecular complexity index is 696. The van der Waals surface area contributed by atoms with Crippen LogP contribution in [-0.2, 0) is 11.2 Å². The van der Waals surface area contributed by atoms with E-state index in [1.165, 1.54) is 17.8 Å². The minimum Gasteiger partial charge on any atom is -0.505 e. The van der Waals surface area contributed by atoms with Gasteiger partial charge in [-0.2, -0.15) is 0 Å². The molecule has 0 aliphatic rings. The molecule has 0 radical (unpaired) electrons. The summed E-state index contributed by atoms with van der Waals surface area (Å²) in [7, 11) is 0. The van der Waals surface area contributed by atoms with Crippen molar-refractivity contribution in [2.45, 2.75) is 13.3 Å². The van der Waals surface area contributed by atoms with Crippen LogP contribution in [0.5, 0.6) is 5.75 Å². The van der Waals surface area contributed by atoms with E-state index in [0.29, 0.717) is 5.56 Å². The molecule has 0 saturated carbocycles. The summed E-state index contributed by atoms with van der Waals surface area (Å²) in [5.41, 5.74) is 2.55. The Morgan fingerprint density at radius 2 is 1.86 bits per heavy atom. The Labute approximate surface area is 127 Å². The number of carboxylic acids is 1. The molecule has 0 spiro atoms. The second-order valence-electron chi connectivity index (χ2n) is 4.72. The second kappa shape index (κ2) is 6.71. The van der Waals surface area contributed by atoms with Gasteiger partial charge in [0, 0.05) is 11.8 Å². The van der Waals surface area contributed by atoms with Gasteiger partial charge in [-0.15, -0.1) is 0 Å².